The summed E-state index contributed by atoms with van der Waals surface area (Å²) in [6.45, 7) is 7.87. The van der Waals surface area contributed by atoms with Crippen LogP contribution in [0.15, 0.2) is 42.6 Å². The molecule has 166 valence electrons. The molecule has 2 heterocycles. The number of hydrogen-bond donors (Lipinski definition) is 1. The molecule has 1 N–H and O–H groups in total. The van der Waals surface area contributed by atoms with Crippen LogP contribution in [0.5, 0.6) is 11.5 Å². The van der Waals surface area contributed by atoms with Crippen molar-refractivity contribution in [2.24, 2.45) is 0 Å². The fourth-order valence-electron chi connectivity index (χ4n) is 3.72. The van der Waals surface area contributed by atoms with Crippen LogP contribution in [0, 0.1) is 19.7 Å². The van der Waals surface area contributed by atoms with E-state index in [-0.39, 0.29) is 30.5 Å². The molecular weight excluding hydrogens is 409 g/mol. The summed E-state index contributed by atoms with van der Waals surface area (Å²) in [5, 5.41) is 2.88. The van der Waals surface area contributed by atoms with Crippen molar-refractivity contribution in [3.8, 4) is 22.8 Å². The van der Waals surface area contributed by atoms with Gasteiger partial charge in [0.05, 0.1) is 29.7 Å². The quantitative estimate of drug-likeness (QED) is 0.621. The summed E-state index contributed by atoms with van der Waals surface area (Å²) in [6, 6.07) is 10.1. The Hall–Kier alpha value is -3.48. The predicted octanol–water partition coefficient (Wildman–Crippen LogP) is 4.42. The number of aryl methyl sites for hydroxylation is 2. The summed E-state index contributed by atoms with van der Waals surface area (Å²) in [4.78, 5) is 21.5. The van der Waals surface area contributed by atoms with Gasteiger partial charge in [-0.2, -0.15) is 0 Å². The molecule has 1 atom stereocenters. The highest BCUT2D eigenvalue weighted by molar-refractivity contribution is 5.94. The van der Waals surface area contributed by atoms with Crippen molar-refractivity contribution < 1.29 is 18.7 Å². The van der Waals surface area contributed by atoms with Gasteiger partial charge in [-0.1, -0.05) is 0 Å². The van der Waals surface area contributed by atoms with Crippen LogP contribution in [-0.4, -0.2) is 34.6 Å². The molecule has 2 aromatic carbocycles. The third kappa shape index (κ3) is 4.56. The Kier molecular flexibility index (Phi) is 6.08. The van der Waals surface area contributed by atoms with Crippen LogP contribution in [0.1, 0.15) is 41.2 Å². The van der Waals surface area contributed by atoms with Crippen LogP contribution in [0.4, 0.5) is 4.39 Å². The van der Waals surface area contributed by atoms with E-state index in [1.807, 2.05) is 27.7 Å². The van der Waals surface area contributed by atoms with Crippen LogP contribution in [0.2, 0.25) is 0 Å². The number of carbonyl (C=O) groups excluding carboxylic acids is 1. The number of rotatable bonds is 6. The number of carbonyl (C=O) groups is 1. The third-order valence-corrected chi connectivity index (χ3v) is 5.23. The molecule has 0 saturated heterocycles. The molecule has 0 saturated carbocycles. The summed E-state index contributed by atoms with van der Waals surface area (Å²) in [6.07, 6.45) is 1.76. The fourth-order valence-corrected chi connectivity index (χ4v) is 3.72. The number of ether oxygens (including phenoxy) is 2. The second-order valence-electron chi connectivity index (χ2n) is 8.19. The van der Waals surface area contributed by atoms with E-state index in [2.05, 4.69) is 15.3 Å². The molecule has 1 amide bonds. The molecule has 0 aliphatic carbocycles. The number of hydrogen-bond acceptors (Lipinski definition) is 5. The molecule has 32 heavy (non-hydrogen) atoms. The van der Waals surface area contributed by atoms with Crippen LogP contribution < -0.4 is 14.8 Å². The predicted molar refractivity (Wildman–Crippen MR) is 120 cm³/mol. The zero-order valence-corrected chi connectivity index (χ0v) is 18.6. The maximum atomic E-state index is 14.5. The average molecular weight is 435 g/mol. The summed E-state index contributed by atoms with van der Waals surface area (Å²) >= 11 is 0. The lowest BCUT2D eigenvalue weighted by molar-refractivity contribution is 0.0933. The summed E-state index contributed by atoms with van der Waals surface area (Å²) in [7, 11) is 0. The topological polar surface area (TPSA) is 73.3 Å². The molecule has 0 unspecified atom stereocenters. The molecule has 0 spiro atoms. The number of benzene rings is 2. The van der Waals surface area contributed by atoms with Crippen LogP contribution in [0.3, 0.4) is 0 Å². The summed E-state index contributed by atoms with van der Waals surface area (Å²) < 4.78 is 26.2. The molecule has 4 rings (SSSR count). The Morgan fingerprint density at radius 2 is 1.97 bits per heavy atom. The molecule has 0 bridgehead atoms. The van der Waals surface area contributed by atoms with Crippen LogP contribution in [0.25, 0.3) is 11.3 Å². The van der Waals surface area contributed by atoms with Crippen LogP contribution in [-0.2, 0) is 6.42 Å². The number of amides is 1. The van der Waals surface area contributed by atoms with Gasteiger partial charge in [0.2, 0.25) is 0 Å². The smallest absolute Gasteiger partial charge is 0.251 e. The molecule has 1 aromatic heterocycles. The first-order valence-electron chi connectivity index (χ1n) is 10.7. The normalized spacial score (nSPS) is 14.8. The summed E-state index contributed by atoms with van der Waals surface area (Å²) in [5.41, 5.74) is 3.93. The van der Waals surface area contributed by atoms with E-state index in [1.165, 1.54) is 6.07 Å². The van der Waals surface area contributed by atoms with Crippen molar-refractivity contribution in [2.75, 3.05) is 6.54 Å². The van der Waals surface area contributed by atoms with E-state index in [4.69, 9.17) is 9.47 Å². The standard InChI is InChI=1S/C25H26FN3O3/c1-14(2)31-18-7-5-17(6-8-18)25(30)28-13-19-11-21-22(26)10-9-20(24(21)32-19)23-16(4)27-12-15(3)29-23/h5-10,12,14,19H,11,13H2,1-4H3,(H,28,30)/t19-/m0/s1. The fraction of sp³-hybridized carbons (Fsp3) is 0.320. The molecule has 6 nitrogen and oxygen atoms in total. The van der Waals surface area contributed by atoms with E-state index >= 15 is 0 Å². The Morgan fingerprint density at radius 1 is 1.22 bits per heavy atom. The van der Waals surface area contributed by atoms with Gasteiger partial charge in [0.15, 0.2) is 0 Å². The molecule has 3 aromatic rings. The first-order chi connectivity index (χ1) is 15.3. The molecule has 1 aliphatic heterocycles. The van der Waals surface area contributed by atoms with Gasteiger partial charge in [0.1, 0.15) is 23.4 Å². The first-order valence-corrected chi connectivity index (χ1v) is 10.7. The van der Waals surface area contributed by atoms with Crippen molar-refractivity contribution in [1.29, 1.82) is 0 Å². The lowest BCUT2D eigenvalue weighted by Crippen LogP contribution is -2.34. The van der Waals surface area contributed by atoms with E-state index in [0.717, 1.165) is 11.4 Å². The minimum atomic E-state index is -0.369. The van der Waals surface area contributed by atoms with Crippen molar-refractivity contribution >= 4 is 5.91 Å². The van der Waals surface area contributed by atoms with Gasteiger partial charge < -0.3 is 14.8 Å². The van der Waals surface area contributed by atoms with Crippen molar-refractivity contribution in [3.05, 3.63) is 70.9 Å². The number of fused-ring (bicyclic) bond motifs is 1. The maximum Gasteiger partial charge on any atom is 0.251 e. The lowest BCUT2D eigenvalue weighted by Gasteiger charge is -2.14. The van der Waals surface area contributed by atoms with E-state index in [9.17, 15) is 9.18 Å². The molecule has 0 radical (unpaired) electrons. The lowest BCUT2D eigenvalue weighted by atomic mass is 10.0. The van der Waals surface area contributed by atoms with Gasteiger partial charge in [-0.05, 0) is 64.1 Å². The molecule has 1 aliphatic rings. The molecule has 7 heteroatoms. The maximum absolute atomic E-state index is 14.5. The highest BCUT2D eigenvalue weighted by Crippen LogP contribution is 2.40. The second kappa shape index (κ2) is 8.94. The highest BCUT2D eigenvalue weighted by atomic mass is 19.1. The Bertz CT molecular complexity index is 1150. The number of nitrogens with one attached hydrogen (secondary N) is 1. The molecule has 0 fully saturated rings. The summed E-state index contributed by atoms with van der Waals surface area (Å²) in [5.74, 6) is 0.643. The first kappa shape index (κ1) is 21.7. The zero-order chi connectivity index (χ0) is 22.8. The zero-order valence-electron chi connectivity index (χ0n) is 18.6. The number of halogens is 1. The van der Waals surface area contributed by atoms with Gasteiger partial charge in [-0.15, -0.1) is 0 Å². The number of nitrogens with zero attached hydrogens (tertiary/aromatic N) is 2. The van der Waals surface area contributed by atoms with Gasteiger partial charge in [0, 0.05) is 29.3 Å². The largest absolute Gasteiger partial charge is 0.491 e. The Labute approximate surface area is 186 Å². The monoisotopic (exact) mass is 435 g/mol. The van der Waals surface area contributed by atoms with Crippen molar-refractivity contribution in [2.45, 2.75) is 46.3 Å². The van der Waals surface area contributed by atoms with Crippen molar-refractivity contribution in [1.82, 2.24) is 15.3 Å². The minimum absolute atomic E-state index is 0.0654. The second-order valence-corrected chi connectivity index (χ2v) is 8.19. The Balaban J connectivity index is 1.46. The van der Waals surface area contributed by atoms with Gasteiger partial charge >= 0.3 is 0 Å². The average Bonchev–Trinajstić information content (AvgIpc) is 3.19. The van der Waals surface area contributed by atoms with Gasteiger partial charge in [-0.3, -0.25) is 9.78 Å². The SMILES string of the molecule is Cc1cnc(C)c(-c2ccc(F)c3c2O[C@H](CNC(=O)c2ccc(OC(C)C)cc2)C3)n1. The van der Waals surface area contributed by atoms with Crippen LogP contribution >= 0.6 is 0 Å². The van der Waals surface area contributed by atoms with Gasteiger partial charge in [-0.25, -0.2) is 9.37 Å². The molecular formula is C25H26FN3O3. The van der Waals surface area contributed by atoms with E-state index in [0.29, 0.717) is 40.3 Å². The Morgan fingerprint density at radius 3 is 2.69 bits per heavy atom. The third-order valence-electron chi connectivity index (χ3n) is 5.23. The highest BCUT2D eigenvalue weighted by Gasteiger charge is 2.30. The van der Waals surface area contributed by atoms with Gasteiger partial charge in [0.25, 0.3) is 5.91 Å². The number of aromatic nitrogens is 2. The van der Waals surface area contributed by atoms with Crippen molar-refractivity contribution in [3.63, 3.8) is 0 Å². The van der Waals surface area contributed by atoms with E-state index in [1.54, 1.807) is 36.5 Å². The van der Waals surface area contributed by atoms with E-state index < -0.39 is 0 Å². The minimum Gasteiger partial charge on any atom is -0.491 e.